The Bertz CT molecular complexity index is 549. The Balaban J connectivity index is 2.34. The molecule has 106 valence electrons. The maximum absolute atomic E-state index is 12.6. The van der Waals surface area contributed by atoms with Crippen LogP contribution < -0.4 is 4.74 Å². The fourth-order valence-electron chi connectivity index (χ4n) is 2.16. The minimum absolute atomic E-state index is 0.255. The van der Waals surface area contributed by atoms with Crippen LogP contribution >= 0.6 is 0 Å². The summed E-state index contributed by atoms with van der Waals surface area (Å²) in [4.78, 5) is 2.38. The molecule has 0 spiro atoms. The Morgan fingerprint density at radius 1 is 1.16 bits per heavy atom. The van der Waals surface area contributed by atoms with E-state index >= 15 is 0 Å². The number of likely N-dealkylation sites (N-methyl/N-ethyl adjacent to an activating group) is 1. The average Bonchev–Trinajstić information content (AvgIpc) is 2.38. The first-order valence-corrected chi connectivity index (χ1v) is 7.72. The first kappa shape index (κ1) is 14.3. The van der Waals surface area contributed by atoms with Crippen LogP contribution in [0.25, 0.3) is 0 Å². The highest BCUT2D eigenvalue weighted by Gasteiger charge is 2.29. The van der Waals surface area contributed by atoms with Gasteiger partial charge in [0.25, 0.3) is 0 Å². The van der Waals surface area contributed by atoms with Crippen molar-refractivity contribution in [1.82, 2.24) is 9.21 Å². The van der Waals surface area contributed by atoms with Crippen molar-refractivity contribution in [1.29, 1.82) is 0 Å². The van der Waals surface area contributed by atoms with E-state index in [4.69, 9.17) is 4.74 Å². The highest BCUT2D eigenvalue weighted by molar-refractivity contribution is 7.89. The predicted octanol–water partition coefficient (Wildman–Crippen LogP) is 0.940. The van der Waals surface area contributed by atoms with Crippen molar-refractivity contribution in [2.24, 2.45) is 0 Å². The number of benzene rings is 1. The number of nitrogens with zero attached hydrogens (tertiary/aromatic N) is 2. The summed E-state index contributed by atoms with van der Waals surface area (Å²) in [6.45, 7) is 4.47. The monoisotopic (exact) mass is 284 g/mol. The van der Waals surface area contributed by atoms with Crippen LogP contribution in [0.3, 0.4) is 0 Å². The summed E-state index contributed by atoms with van der Waals surface area (Å²) in [6.07, 6.45) is 0. The smallest absolute Gasteiger partial charge is 0.246 e. The number of piperazine rings is 1. The van der Waals surface area contributed by atoms with E-state index in [-0.39, 0.29) is 4.90 Å². The van der Waals surface area contributed by atoms with E-state index in [9.17, 15) is 8.42 Å². The number of hydrogen-bond acceptors (Lipinski definition) is 4. The van der Waals surface area contributed by atoms with E-state index in [1.165, 1.54) is 11.4 Å². The molecule has 5 nitrogen and oxygen atoms in total. The molecule has 0 N–H and O–H groups in total. The minimum atomic E-state index is -3.46. The second kappa shape index (κ2) is 5.48. The van der Waals surface area contributed by atoms with E-state index in [1.54, 1.807) is 18.2 Å². The Morgan fingerprint density at radius 3 is 2.37 bits per heavy atom. The molecule has 6 heteroatoms. The SMILES string of the molecule is COc1cc(C)ccc1S(=O)(=O)N1CCN(C)CC1. The van der Waals surface area contributed by atoms with Crippen molar-refractivity contribution in [3.05, 3.63) is 23.8 Å². The lowest BCUT2D eigenvalue weighted by molar-refractivity contribution is 0.222. The molecule has 0 saturated carbocycles. The maximum atomic E-state index is 12.6. The van der Waals surface area contributed by atoms with Gasteiger partial charge in [0.1, 0.15) is 10.6 Å². The second-order valence-corrected chi connectivity index (χ2v) is 6.77. The zero-order chi connectivity index (χ0) is 14.0. The number of hydrogen-bond donors (Lipinski definition) is 0. The van der Waals surface area contributed by atoms with Gasteiger partial charge in [-0.3, -0.25) is 0 Å². The summed E-state index contributed by atoms with van der Waals surface area (Å²) in [5, 5.41) is 0. The summed E-state index contributed by atoms with van der Waals surface area (Å²) >= 11 is 0. The summed E-state index contributed by atoms with van der Waals surface area (Å²) in [5.74, 6) is 0.416. The molecule has 1 aromatic carbocycles. The Morgan fingerprint density at radius 2 is 1.79 bits per heavy atom. The van der Waals surface area contributed by atoms with Crippen LogP contribution in [0, 0.1) is 6.92 Å². The molecule has 0 radical (unpaired) electrons. The highest BCUT2D eigenvalue weighted by Crippen LogP contribution is 2.28. The standard InChI is InChI=1S/C13H20N2O3S/c1-11-4-5-13(12(10-11)18-3)19(16,17)15-8-6-14(2)7-9-15/h4-5,10H,6-9H2,1-3H3. The van der Waals surface area contributed by atoms with Crippen LogP contribution in [0.2, 0.25) is 0 Å². The number of sulfonamides is 1. The molecular formula is C13H20N2O3S. The molecule has 0 atom stereocenters. The van der Waals surface area contributed by atoms with Gasteiger partial charge in [-0.15, -0.1) is 0 Å². The molecule has 2 rings (SSSR count). The lowest BCUT2D eigenvalue weighted by atomic mass is 10.2. The fraction of sp³-hybridized carbons (Fsp3) is 0.538. The normalized spacial score (nSPS) is 18.5. The lowest BCUT2D eigenvalue weighted by Crippen LogP contribution is -2.47. The average molecular weight is 284 g/mol. The van der Waals surface area contributed by atoms with Gasteiger partial charge >= 0.3 is 0 Å². The number of methoxy groups -OCH3 is 1. The van der Waals surface area contributed by atoms with Gasteiger partial charge in [-0.1, -0.05) is 6.07 Å². The fourth-order valence-corrected chi connectivity index (χ4v) is 3.71. The van der Waals surface area contributed by atoms with Crippen molar-refractivity contribution < 1.29 is 13.2 Å². The number of aryl methyl sites for hydroxylation is 1. The molecule has 0 bridgehead atoms. The molecule has 0 aromatic heterocycles. The third kappa shape index (κ3) is 2.91. The van der Waals surface area contributed by atoms with Gasteiger partial charge < -0.3 is 9.64 Å². The van der Waals surface area contributed by atoms with E-state index in [1.807, 2.05) is 14.0 Å². The third-order valence-corrected chi connectivity index (χ3v) is 5.34. The van der Waals surface area contributed by atoms with Gasteiger partial charge in [0.05, 0.1) is 7.11 Å². The molecular weight excluding hydrogens is 264 g/mol. The van der Waals surface area contributed by atoms with Crippen molar-refractivity contribution >= 4 is 10.0 Å². The second-order valence-electron chi connectivity index (χ2n) is 4.86. The van der Waals surface area contributed by atoms with Crippen molar-refractivity contribution in [3.63, 3.8) is 0 Å². The third-order valence-electron chi connectivity index (χ3n) is 3.40. The van der Waals surface area contributed by atoms with Gasteiger partial charge in [0, 0.05) is 26.2 Å². The van der Waals surface area contributed by atoms with Crippen LogP contribution in [0.1, 0.15) is 5.56 Å². The molecule has 0 amide bonds. The van der Waals surface area contributed by atoms with Gasteiger partial charge in [-0.05, 0) is 31.7 Å². The molecule has 1 heterocycles. The lowest BCUT2D eigenvalue weighted by Gasteiger charge is -2.31. The maximum Gasteiger partial charge on any atom is 0.246 e. The quantitative estimate of drug-likeness (QED) is 0.829. The molecule has 0 aliphatic carbocycles. The van der Waals surface area contributed by atoms with Gasteiger partial charge in [0.15, 0.2) is 0 Å². The van der Waals surface area contributed by atoms with Crippen LogP contribution in [-0.4, -0.2) is 58.0 Å². The summed E-state index contributed by atoms with van der Waals surface area (Å²) < 4.78 is 32.0. The van der Waals surface area contributed by atoms with E-state index in [0.717, 1.165) is 18.7 Å². The van der Waals surface area contributed by atoms with E-state index < -0.39 is 10.0 Å². The first-order valence-electron chi connectivity index (χ1n) is 6.28. The van der Waals surface area contributed by atoms with Gasteiger partial charge in [0.2, 0.25) is 10.0 Å². The minimum Gasteiger partial charge on any atom is -0.495 e. The van der Waals surface area contributed by atoms with Crippen molar-refractivity contribution in [2.75, 3.05) is 40.3 Å². The van der Waals surface area contributed by atoms with Crippen LogP contribution in [-0.2, 0) is 10.0 Å². The number of ether oxygens (including phenoxy) is 1. The largest absolute Gasteiger partial charge is 0.495 e. The number of rotatable bonds is 3. The topological polar surface area (TPSA) is 49.9 Å². The van der Waals surface area contributed by atoms with Crippen LogP contribution in [0.15, 0.2) is 23.1 Å². The molecule has 1 aromatic rings. The molecule has 1 aliphatic rings. The Hall–Kier alpha value is -1.11. The highest BCUT2D eigenvalue weighted by atomic mass is 32.2. The summed E-state index contributed by atoms with van der Waals surface area (Å²) in [7, 11) is 0.0309. The Labute approximate surface area is 114 Å². The molecule has 0 unspecified atom stereocenters. The van der Waals surface area contributed by atoms with Crippen LogP contribution in [0.5, 0.6) is 5.75 Å². The van der Waals surface area contributed by atoms with Crippen LogP contribution in [0.4, 0.5) is 0 Å². The molecule has 1 fully saturated rings. The summed E-state index contributed by atoms with van der Waals surface area (Å²) in [5.41, 5.74) is 0.981. The van der Waals surface area contributed by atoms with Gasteiger partial charge in [-0.25, -0.2) is 8.42 Å². The molecule has 19 heavy (non-hydrogen) atoms. The van der Waals surface area contributed by atoms with E-state index in [2.05, 4.69) is 4.90 Å². The summed E-state index contributed by atoms with van der Waals surface area (Å²) in [6, 6.07) is 5.18. The van der Waals surface area contributed by atoms with Gasteiger partial charge in [-0.2, -0.15) is 4.31 Å². The molecule has 1 aliphatic heterocycles. The van der Waals surface area contributed by atoms with Crippen molar-refractivity contribution in [2.45, 2.75) is 11.8 Å². The van der Waals surface area contributed by atoms with Crippen molar-refractivity contribution in [3.8, 4) is 5.75 Å². The zero-order valence-electron chi connectivity index (χ0n) is 11.6. The zero-order valence-corrected chi connectivity index (χ0v) is 12.4. The predicted molar refractivity (Wildman–Crippen MR) is 74.0 cm³/mol. The Kier molecular flexibility index (Phi) is 4.13. The first-order chi connectivity index (χ1) is 8.95. The van der Waals surface area contributed by atoms with E-state index in [0.29, 0.717) is 18.8 Å². The molecule has 1 saturated heterocycles.